The van der Waals surface area contributed by atoms with Crippen LogP contribution in [0.25, 0.3) is 10.9 Å². The first-order chi connectivity index (χ1) is 17.0. The lowest BCUT2D eigenvalue weighted by Gasteiger charge is -2.30. The molecule has 0 bridgehead atoms. The van der Waals surface area contributed by atoms with Crippen LogP contribution in [0.4, 0.5) is 4.79 Å². The molecule has 0 aliphatic carbocycles. The molecule has 1 unspecified atom stereocenters. The van der Waals surface area contributed by atoms with E-state index in [9.17, 15) is 14.4 Å². The smallest absolute Gasteiger partial charge is 0.325 e. The molecule has 1 saturated heterocycles. The van der Waals surface area contributed by atoms with Gasteiger partial charge in [0, 0.05) is 30.6 Å². The molecule has 2 N–H and O–H groups in total. The molecule has 0 spiro atoms. The van der Waals surface area contributed by atoms with Crippen molar-refractivity contribution < 1.29 is 14.4 Å². The van der Waals surface area contributed by atoms with E-state index in [1.165, 1.54) is 0 Å². The Balaban J connectivity index is 1.33. The molecule has 176 valence electrons. The van der Waals surface area contributed by atoms with Gasteiger partial charge in [-0.3, -0.25) is 14.5 Å². The summed E-state index contributed by atoms with van der Waals surface area (Å²) in [4.78, 5) is 44.9. The molecule has 3 aromatic carbocycles. The van der Waals surface area contributed by atoms with E-state index in [4.69, 9.17) is 0 Å². The number of para-hydroxylation sites is 1. The van der Waals surface area contributed by atoms with Crippen LogP contribution >= 0.6 is 0 Å². The number of fused-ring (bicyclic) bond motifs is 1. The Morgan fingerprint density at radius 1 is 0.914 bits per heavy atom. The number of aromatic nitrogens is 1. The number of benzene rings is 3. The summed E-state index contributed by atoms with van der Waals surface area (Å²) in [5.74, 6) is -0.711. The van der Waals surface area contributed by atoms with E-state index in [2.05, 4.69) is 10.3 Å². The maximum Gasteiger partial charge on any atom is 0.325 e. The average Bonchev–Trinajstić information content (AvgIpc) is 3.41. The highest BCUT2D eigenvalue weighted by Crippen LogP contribution is 2.28. The first-order valence-corrected chi connectivity index (χ1v) is 11.6. The summed E-state index contributed by atoms with van der Waals surface area (Å²) in [5.41, 5.74) is 3.81. The van der Waals surface area contributed by atoms with Gasteiger partial charge in [0.2, 0.25) is 5.91 Å². The summed E-state index contributed by atoms with van der Waals surface area (Å²) in [6.07, 6.45) is 2.21. The summed E-state index contributed by atoms with van der Waals surface area (Å²) >= 11 is 0. The van der Waals surface area contributed by atoms with Crippen LogP contribution in [-0.2, 0) is 16.0 Å². The summed E-state index contributed by atoms with van der Waals surface area (Å²) in [6.45, 7) is -0.318. The quantitative estimate of drug-likeness (QED) is 0.406. The number of likely N-dealkylation sites (N-methyl/N-ethyl adjacent to an activating group) is 1. The van der Waals surface area contributed by atoms with Crippen LogP contribution in [0, 0.1) is 0 Å². The molecule has 1 fully saturated rings. The van der Waals surface area contributed by atoms with Crippen LogP contribution in [0.1, 0.15) is 22.7 Å². The van der Waals surface area contributed by atoms with Gasteiger partial charge in [-0.1, -0.05) is 78.9 Å². The Morgan fingerprint density at radius 3 is 2.17 bits per heavy atom. The molecule has 2 heterocycles. The molecule has 1 aromatic heterocycles. The fourth-order valence-corrected chi connectivity index (χ4v) is 4.69. The van der Waals surface area contributed by atoms with Crippen molar-refractivity contribution in [1.29, 1.82) is 0 Å². The topological polar surface area (TPSA) is 85.5 Å². The van der Waals surface area contributed by atoms with Gasteiger partial charge in [-0.15, -0.1) is 0 Å². The van der Waals surface area contributed by atoms with Gasteiger partial charge in [-0.25, -0.2) is 4.79 Å². The van der Waals surface area contributed by atoms with Crippen LogP contribution < -0.4 is 5.32 Å². The number of amides is 4. The van der Waals surface area contributed by atoms with E-state index in [1.54, 1.807) is 11.9 Å². The van der Waals surface area contributed by atoms with Gasteiger partial charge in [0.05, 0.1) is 6.04 Å². The monoisotopic (exact) mass is 466 g/mol. The number of aromatic amines is 1. The van der Waals surface area contributed by atoms with Gasteiger partial charge in [-0.05, 0) is 22.8 Å². The number of carbonyl (C=O) groups is 3. The molecular formula is C28H26N4O3. The van der Waals surface area contributed by atoms with Crippen molar-refractivity contribution in [2.24, 2.45) is 0 Å². The Labute approximate surface area is 203 Å². The third-order valence-electron chi connectivity index (χ3n) is 6.51. The van der Waals surface area contributed by atoms with Gasteiger partial charge in [-0.2, -0.15) is 0 Å². The van der Waals surface area contributed by atoms with Crippen molar-refractivity contribution >= 4 is 28.7 Å². The number of H-pyrrole nitrogens is 1. The number of hydrogen-bond donors (Lipinski definition) is 2. The van der Waals surface area contributed by atoms with E-state index < -0.39 is 18.0 Å². The van der Waals surface area contributed by atoms with Crippen LogP contribution in [0.2, 0.25) is 0 Å². The molecule has 1 aliphatic rings. The molecule has 1 aliphatic heterocycles. The first kappa shape index (κ1) is 22.4. The maximum absolute atomic E-state index is 13.3. The third kappa shape index (κ3) is 4.40. The number of hydrogen-bond acceptors (Lipinski definition) is 3. The largest absolute Gasteiger partial charge is 0.361 e. The second kappa shape index (κ2) is 9.46. The molecule has 7 heteroatoms. The van der Waals surface area contributed by atoms with Crippen molar-refractivity contribution in [2.75, 3.05) is 13.6 Å². The number of imide groups is 1. The fourth-order valence-electron chi connectivity index (χ4n) is 4.69. The summed E-state index contributed by atoms with van der Waals surface area (Å²) in [7, 11) is 1.70. The number of nitrogens with zero attached hydrogens (tertiary/aromatic N) is 2. The van der Waals surface area contributed by atoms with Crippen molar-refractivity contribution in [3.63, 3.8) is 0 Å². The third-order valence-corrected chi connectivity index (χ3v) is 6.51. The van der Waals surface area contributed by atoms with Gasteiger partial charge >= 0.3 is 6.03 Å². The SMILES string of the molecule is CN(C(=O)CN1C(=O)NC(Cc2c[nH]c3ccccc23)C1=O)C(c1ccccc1)c1ccccc1. The van der Waals surface area contributed by atoms with Crippen molar-refractivity contribution in [2.45, 2.75) is 18.5 Å². The number of carbonyl (C=O) groups excluding carboxylic acids is 3. The van der Waals surface area contributed by atoms with E-state index in [0.717, 1.165) is 32.5 Å². The van der Waals surface area contributed by atoms with Crippen LogP contribution in [0.15, 0.2) is 91.1 Å². The summed E-state index contributed by atoms with van der Waals surface area (Å²) in [6, 6.07) is 25.6. The van der Waals surface area contributed by atoms with Crippen LogP contribution in [-0.4, -0.2) is 52.3 Å². The molecular weight excluding hydrogens is 440 g/mol. The molecule has 1 atom stereocenters. The lowest BCUT2D eigenvalue weighted by atomic mass is 9.97. The minimum Gasteiger partial charge on any atom is -0.361 e. The second-order valence-corrected chi connectivity index (χ2v) is 8.72. The summed E-state index contributed by atoms with van der Waals surface area (Å²) in [5, 5.41) is 3.76. The second-order valence-electron chi connectivity index (χ2n) is 8.72. The van der Waals surface area contributed by atoms with E-state index in [1.807, 2.05) is 91.1 Å². The summed E-state index contributed by atoms with van der Waals surface area (Å²) < 4.78 is 0. The number of nitrogens with one attached hydrogen (secondary N) is 2. The predicted molar refractivity (Wildman–Crippen MR) is 134 cm³/mol. The average molecular weight is 467 g/mol. The molecule has 0 radical (unpaired) electrons. The highest BCUT2D eigenvalue weighted by molar-refractivity contribution is 6.06. The first-order valence-electron chi connectivity index (χ1n) is 11.6. The molecule has 0 saturated carbocycles. The van der Waals surface area contributed by atoms with E-state index >= 15 is 0 Å². The Kier molecular flexibility index (Phi) is 6.06. The molecule has 4 amide bonds. The van der Waals surface area contributed by atoms with E-state index in [0.29, 0.717) is 6.42 Å². The van der Waals surface area contributed by atoms with Crippen LogP contribution in [0.3, 0.4) is 0 Å². The van der Waals surface area contributed by atoms with Crippen molar-refractivity contribution in [3.05, 3.63) is 108 Å². The van der Waals surface area contributed by atoms with Gasteiger partial charge in [0.1, 0.15) is 12.6 Å². The van der Waals surface area contributed by atoms with Crippen molar-refractivity contribution in [3.8, 4) is 0 Å². The number of rotatable bonds is 7. The van der Waals surface area contributed by atoms with Gasteiger partial charge < -0.3 is 15.2 Å². The Bertz CT molecular complexity index is 1330. The minimum atomic E-state index is -0.709. The van der Waals surface area contributed by atoms with Gasteiger partial charge in [0.25, 0.3) is 5.91 Å². The Morgan fingerprint density at radius 2 is 1.51 bits per heavy atom. The van der Waals surface area contributed by atoms with E-state index in [-0.39, 0.29) is 18.5 Å². The molecule has 4 aromatic rings. The molecule has 35 heavy (non-hydrogen) atoms. The zero-order chi connectivity index (χ0) is 24.4. The maximum atomic E-state index is 13.3. The predicted octanol–water partition coefficient (Wildman–Crippen LogP) is 3.88. The van der Waals surface area contributed by atoms with Crippen LogP contribution in [0.5, 0.6) is 0 Å². The number of urea groups is 1. The molecule has 7 nitrogen and oxygen atoms in total. The minimum absolute atomic E-state index is 0.318. The zero-order valence-corrected chi connectivity index (χ0v) is 19.3. The Hall–Kier alpha value is -4.39. The van der Waals surface area contributed by atoms with Crippen molar-refractivity contribution in [1.82, 2.24) is 20.1 Å². The lowest BCUT2D eigenvalue weighted by molar-refractivity contribution is -0.137. The molecule has 5 rings (SSSR count). The normalized spacial score (nSPS) is 15.6. The fraction of sp³-hybridized carbons (Fsp3) is 0.179. The van der Waals surface area contributed by atoms with Gasteiger partial charge in [0.15, 0.2) is 0 Å². The highest BCUT2D eigenvalue weighted by Gasteiger charge is 2.40. The lowest BCUT2D eigenvalue weighted by Crippen LogP contribution is -2.43. The standard InChI is InChI=1S/C28H26N4O3/c1-31(26(19-10-4-2-5-11-19)20-12-6-3-7-13-20)25(33)18-32-27(34)24(30-28(32)35)16-21-17-29-23-15-9-8-14-22(21)23/h2-15,17,24,26,29H,16,18H2,1H3,(H,30,35). The zero-order valence-electron chi connectivity index (χ0n) is 19.3. The highest BCUT2D eigenvalue weighted by atomic mass is 16.2.